The summed E-state index contributed by atoms with van der Waals surface area (Å²) >= 11 is 0. The van der Waals surface area contributed by atoms with Gasteiger partial charge in [0, 0.05) is 12.6 Å². The normalized spacial score (nSPS) is 21.1. The first-order valence-corrected chi connectivity index (χ1v) is 8.80. The molecule has 0 radical (unpaired) electrons. The summed E-state index contributed by atoms with van der Waals surface area (Å²) in [4.78, 5) is 0.492. The lowest BCUT2D eigenvalue weighted by Gasteiger charge is -2.33. The van der Waals surface area contributed by atoms with Crippen LogP contribution >= 0.6 is 0 Å². The van der Waals surface area contributed by atoms with Gasteiger partial charge in [0.05, 0.1) is 4.90 Å². The number of hydrogen-bond acceptors (Lipinski definition) is 2. The maximum atomic E-state index is 13.0. The lowest BCUT2D eigenvalue weighted by Crippen LogP contribution is -2.42. The Labute approximate surface area is 123 Å². The van der Waals surface area contributed by atoms with Gasteiger partial charge in [-0.05, 0) is 75.8 Å². The second-order valence-corrected chi connectivity index (χ2v) is 7.89. The predicted molar refractivity (Wildman–Crippen MR) is 82.6 cm³/mol. The average Bonchev–Trinajstić information content (AvgIpc) is 2.40. The quantitative estimate of drug-likeness (QED) is 0.837. The van der Waals surface area contributed by atoms with Crippen molar-refractivity contribution in [1.29, 1.82) is 0 Å². The van der Waals surface area contributed by atoms with Crippen molar-refractivity contribution in [3.05, 3.63) is 28.3 Å². The smallest absolute Gasteiger partial charge is 0.207 e. The fraction of sp³-hybridized carbons (Fsp3) is 0.625. The van der Waals surface area contributed by atoms with Gasteiger partial charge in [0.2, 0.25) is 10.0 Å². The summed E-state index contributed by atoms with van der Waals surface area (Å²) in [6, 6.07) is 1.95. The molecule has 0 amide bonds. The first kappa shape index (κ1) is 15.5. The number of rotatable bonds is 2. The molecular formula is C16H25NO2S. The van der Waals surface area contributed by atoms with Crippen LogP contribution in [0.2, 0.25) is 0 Å². The maximum Gasteiger partial charge on any atom is 0.243 e. The molecule has 1 unspecified atom stereocenters. The van der Waals surface area contributed by atoms with Crippen LogP contribution in [0.25, 0.3) is 0 Å². The van der Waals surface area contributed by atoms with E-state index < -0.39 is 10.0 Å². The van der Waals surface area contributed by atoms with E-state index in [-0.39, 0.29) is 6.04 Å². The Morgan fingerprint density at radius 2 is 1.70 bits per heavy atom. The van der Waals surface area contributed by atoms with Crippen molar-refractivity contribution in [1.82, 2.24) is 4.31 Å². The molecule has 1 saturated heterocycles. The van der Waals surface area contributed by atoms with Gasteiger partial charge in [-0.1, -0.05) is 6.42 Å². The predicted octanol–water partition coefficient (Wildman–Crippen LogP) is 3.48. The summed E-state index contributed by atoms with van der Waals surface area (Å²) in [6.45, 7) is 10.6. The van der Waals surface area contributed by atoms with E-state index in [2.05, 4.69) is 6.92 Å². The zero-order chi connectivity index (χ0) is 15.1. The largest absolute Gasteiger partial charge is 0.243 e. The van der Waals surface area contributed by atoms with Crippen LogP contribution in [-0.2, 0) is 10.0 Å². The van der Waals surface area contributed by atoms with Crippen molar-refractivity contribution in [2.45, 2.75) is 64.8 Å². The summed E-state index contributed by atoms with van der Waals surface area (Å²) in [5.74, 6) is 0. The van der Waals surface area contributed by atoms with Crippen molar-refractivity contribution >= 4 is 10.0 Å². The first-order valence-electron chi connectivity index (χ1n) is 7.36. The topological polar surface area (TPSA) is 37.4 Å². The van der Waals surface area contributed by atoms with Crippen LogP contribution < -0.4 is 0 Å². The van der Waals surface area contributed by atoms with E-state index >= 15 is 0 Å². The maximum absolute atomic E-state index is 13.0. The molecule has 0 bridgehead atoms. The molecule has 0 aliphatic carbocycles. The van der Waals surface area contributed by atoms with Crippen molar-refractivity contribution in [3.8, 4) is 0 Å². The van der Waals surface area contributed by atoms with Crippen LogP contribution in [0.1, 0.15) is 48.4 Å². The summed E-state index contributed by atoms with van der Waals surface area (Å²) in [7, 11) is -3.37. The third kappa shape index (κ3) is 2.51. The summed E-state index contributed by atoms with van der Waals surface area (Å²) in [5, 5.41) is 0. The van der Waals surface area contributed by atoms with E-state index in [4.69, 9.17) is 0 Å². The van der Waals surface area contributed by atoms with Gasteiger partial charge in [-0.3, -0.25) is 0 Å². The van der Waals surface area contributed by atoms with Gasteiger partial charge in [-0.15, -0.1) is 0 Å². The zero-order valence-electron chi connectivity index (χ0n) is 13.2. The Morgan fingerprint density at radius 1 is 1.05 bits per heavy atom. The van der Waals surface area contributed by atoms with E-state index in [1.165, 1.54) is 5.56 Å². The second kappa shape index (κ2) is 5.49. The number of nitrogens with zero attached hydrogens (tertiary/aromatic N) is 1. The molecule has 3 nitrogen and oxygen atoms in total. The van der Waals surface area contributed by atoms with Gasteiger partial charge in [-0.2, -0.15) is 4.31 Å². The van der Waals surface area contributed by atoms with Crippen LogP contribution in [0.4, 0.5) is 0 Å². The third-order valence-electron chi connectivity index (χ3n) is 4.76. The van der Waals surface area contributed by atoms with Crippen LogP contribution in [0.5, 0.6) is 0 Å². The molecule has 1 atom stereocenters. The van der Waals surface area contributed by atoms with E-state index in [9.17, 15) is 8.42 Å². The Balaban J connectivity index is 2.55. The van der Waals surface area contributed by atoms with E-state index in [0.29, 0.717) is 11.4 Å². The molecule has 1 aromatic carbocycles. The van der Waals surface area contributed by atoms with Crippen LogP contribution in [-0.4, -0.2) is 25.3 Å². The van der Waals surface area contributed by atoms with E-state index in [1.54, 1.807) is 4.31 Å². The van der Waals surface area contributed by atoms with Gasteiger partial charge in [0.15, 0.2) is 0 Å². The van der Waals surface area contributed by atoms with Gasteiger partial charge in [-0.25, -0.2) is 8.42 Å². The molecule has 1 fully saturated rings. The third-order valence-corrected chi connectivity index (χ3v) is 6.90. The summed E-state index contributed by atoms with van der Waals surface area (Å²) < 4.78 is 27.6. The lowest BCUT2D eigenvalue weighted by atomic mass is 10.00. The number of aryl methyl sites for hydroxylation is 1. The second-order valence-electron chi connectivity index (χ2n) is 6.03. The zero-order valence-corrected chi connectivity index (χ0v) is 14.0. The fourth-order valence-electron chi connectivity index (χ4n) is 3.00. The Morgan fingerprint density at radius 3 is 2.30 bits per heavy atom. The molecule has 1 aliphatic rings. The number of piperidine rings is 1. The highest BCUT2D eigenvalue weighted by Gasteiger charge is 2.32. The fourth-order valence-corrected chi connectivity index (χ4v) is 5.07. The molecule has 2 rings (SSSR count). The van der Waals surface area contributed by atoms with Gasteiger partial charge >= 0.3 is 0 Å². The van der Waals surface area contributed by atoms with E-state index in [1.807, 2.05) is 33.8 Å². The van der Waals surface area contributed by atoms with E-state index in [0.717, 1.165) is 36.0 Å². The van der Waals surface area contributed by atoms with Gasteiger partial charge in [0.1, 0.15) is 0 Å². The SMILES string of the molecule is Cc1cc(S(=O)(=O)N2CCCCC2C)c(C)c(C)c1C. The molecule has 0 N–H and O–H groups in total. The summed E-state index contributed by atoms with van der Waals surface area (Å²) in [6.07, 6.45) is 3.05. The highest BCUT2D eigenvalue weighted by molar-refractivity contribution is 7.89. The molecule has 20 heavy (non-hydrogen) atoms. The van der Waals surface area contributed by atoms with Crippen LogP contribution in [0.15, 0.2) is 11.0 Å². The Bertz CT molecular complexity index is 620. The minimum atomic E-state index is -3.37. The standard InChI is InChI=1S/C16H25NO2S/c1-11-10-16(15(5)14(4)13(11)3)20(18,19)17-9-7-6-8-12(17)2/h10,12H,6-9H2,1-5H3. The van der Waals surface area contributed by atoms with Gasteiger partial charge < -0.3 is 0 Å². The van der Waals surface area contributed by atoms with Crippen LogP contribution in [0, 0.1) is 27.7 Å². The molecule has 4 heteroatoms. The Kier molecular flexibility index (Phi) is 4.26. The first-order chi connectivity index (χ1) is 9.26. The van der Waals surface area contributed by atoms with Crippen molar-refractivity contribution < 1.29 is 8.42 Å². The van der Waals surface area contributed by atoms with Crippen molar-refractivity contribution in [2.24, 2.45) is 0 Å². The number of hydrogen-bond donors (Lipinski definition) is 0. The molecule has 1 aliphatic heterocycles. The molecular weight excluding hydrogens is 270 g/mol. The van der Waals surface area contributed by atoms with Crippen LogP contribution in [0.3, 0.4) is 0 Å². The van der Waals surface area contributed by atoms with Crippen molar-refractivity contribution in [3.63, 3.8) is 0 Å². The lowest BCUT2D eigenvalue weighted by molar-refractivity contribution is 0.268. The average molecular weight is 295 g/mol. The Hall–Kier alpha value is -0.870. The minimum absolute atomic E-state index is 0.107. The minimum Gasteiger partial charge on any atom is -0.207 e. The molecule has 112 valence electrons. The number of sulfonamides is 1. The molecule has 0 saturated carbocycles. The molecule has 1 aromatic rings. The molecule has 0 aromatic heterocycles. The number of benzene rings is 1. The van der Waals surface area contributed by atoms with Gasteiger partial charge in [0.25, 0.3) is 0 Å². The summed E-state index contributed by atoms with van der Waals surface area (Å²) in [5.41, 5.74) is 4.23. The van der Waals surface area contributed by atoms with Crippen molar-refractivity contribution in [2.75, 3.05) is 6.54 Å². The molecule has 1 heterocycles. The monoisotopic (exact) mass is 295 g/mol. The highest BCUT2D eigenvalue weighted by atomic mass is 32.2. The highest BCUT2D eigenvalue weighted by Crippen LogP contribution is 2.30. The molecule has 0 spiro atoms.